The SMILES string of the molecule is Nc1c2ccccc2nc2c1ccc1ncccc12. The lowest BCUT2D eigenvalue weighted by Gasteiger charge is -2.08. The molecule has 0 unspecified atom stereocenters. The average Bonchev–Trinajstić information content (AvgIpc) is 2.47. The molecule has 4 aromatic rings. The van der Waals surface area contributed by atoms with Crippen LogP contribution in [0.3, 0.4) is 0 Å². The molecule has 0 aliphatic rings. The van der Waals surface area contributed by atoms with E-state index in [0.717, 1.165) is 38.4 Å². The molecule has 0 aliphatic carbocycles. The van der Waals surface area contributed by atoms with E-state index in [0.29, 0.717) is 0 Å². The van der Waals surface area contributed by atoms with Gasteiger partial charge in [0.05, 0.1) is 22.2 Å². The number of fused-ring (bicyclic) bond motifs is 4. The van der Waals surface area contributed by atoms with Crippen LogP contribution in [0.15, 0.2) is 54.7 Å². The predicted molar refractivity (Wildman–Crippen MR) is 79.0 cm³/mol. The lowest BCUT2D eigenvalue weighted by Crippen LogP contribution is -1.93. The summed E-state index contributed by atoms with van der Waals surface area (Å²) >= 11 is 0. The van der Waals surface area contributed by atoms with Crippen LogP contribution in [-0.2, 0) is 0 Å². The van der Waals surface area contributed by atoms with Crippen LogP contribution < -0.4 is 5.73 Å². The van der Waals surface area contributed by atoms with Gasteiger partial charge in [-0.1, -0.05) is 18.2 Å². The Labute approximate surface area is 109 Å². The number of nitrogens with two attached hydrogens (primary N) is 1. The van der Waals surface area contributed by atoms with Crippen molar-refractivity contribution in [1.29, 1.82) is 0 Å². The summed E-state index contributed by atoms with van der Waals surface area (Å²) in [6.07, 6.45) is 1.79. The molecule has 0 bridgehead atoms. The average molecular weight is 245 g/mol. The van der Waals surface area contributed by atoms with Gasteiger partial charge in [0.15, 0.2) is 0 Å². The molecule has 0 saturated carbocycles. The van der Waals surface area contributed by atoms with E-state index in [1.807, 2.05) is 48.5 Å². The first kappa shape index (κ1) is 10.3. The quantitative estimate of drug-likeness (QED) is 0.381. The summed E-state index contributed by atoms with van der Waals surface area (Å²) in [6, 6.07) is 15.9. The molecule has 3 heteroatoms. The van der Waals surface area contributed by atoms with Gasteiger partial charge in [-0.3, -0.25) is 4.98 Å². The topological polar surface area (TPSA) is 51.8 Å². The number of para-hydroxylation sites is 1. The zero-order valence-corrected chi connectivity index (χ0v) is 10.2. The summed E-state index contributed by atoms with van der Waals surface area (Å²) in [4.78, 5) is 9.11. The maximum Gasteiger partial charge on any atom is 0.0824 e. The molecular formula is C16H11N3. The van der Waals surface area contributed by atoms with Crippen molar-refractivity contribution in [1.82, 2.24) is 9.97 Å². The van der Waals surface area contributed by atoms with Crippen LogP contribution >= 0.6 is 0 Å². The van der Waals surface area contributed by atoms with Gasteiger partial charge in [-0.2, -0.15) is 0 Å². The van der Waals surface area contributed by atoms with Crippen molar-refractivity contribution in [2.45, 2.75) is 0 Å². The van der Waals surface area contributed by atoms with Crippen molar-refractivity contribution in [3.63, 3.8) is 0 Å². The van der Waals surface area contributed by atoms with Gasteiger partial charge in [-0.25, -0.2) is 4.98 Å². The Bertz CT molecular complexity index is 929. The maximum absolute atomic E-state index is 6.29. The molecule has 2 aromatic carbocycles. The zero-order chi connectivity index (χ0) is 12.8. The molecule has 90 valence electrons. The lowest BCUT2D eigenvalue weighted by atomic mass is 10.1. The Balaban J connectivity index is 2.32. The van der Waals surface area contributed by atoms with Gasteiger partial charge in [0, 0.05) is 22.4 Å². The standard InChI is InChI=1S/C16H11N3/c17-15-10-4-1-2-6-14(10)19-16-11-5-3-9-18-13(11)8-7-12(15)16/h1-9H,(H2,17,19). The molecule has 0 atom stereocenters. The van der Waals surface area contributed by atoms with E-state index in [1.54, 1.807) is 6.20 Å². The van der Waals surface area contributed by atoms with Crippen LogP contribution in [0.25, 0.3) is 32.7 Å². The van der Waals surface area contributed by atoms with E-state index in [-0.39, 0.29) is 0 Å². The van der Waals surface area contributed by atoms with Gasteiger partial charge < -0.3 is 5.73 Å². The number of nitrogens with zero attached hydrogens (tertiary/aromatic N) is 2. The van der Waals surface area contributed by atoms with Crippen molar-refractivity contribution in [2.75, 3.05) is 5.73 Å². The predicted octanol–water partition coefficient (Wildman–Crippen LogP) is 3.52. The molecule has 0 fully saturated rings. The van der Waals surface area contributed by atoms with Crippen LogP contribution in [0.4, 0.5) is 5.69 Å². The number of nitrogen functional groups attached to an aromatic ring is 1. The van der Waals surface area contributed by atoms with E-state index < -0.39 is 0 Å². The van der Waals surface area contributed by atoms with Crippen molar-refractivity contribution in [3.05, 3.63) is 54.7 Å². The van der Waals surface area contributed by atoms with E-state index in [2.05, 4.69) is 4.98 Å². The van der Waals surface area contributed by atoms with Gasteiger partial charge in [-0.15, -0.1) is 0 Å². The number of aromatic nitrogens is 2. The summed E-state index contributed by atoms with van der Waals surface area (Å²) in [5, 5.41) is 3.02. The molecule has 2 aromatic heterocycles. The highest BCUT2D eigenvalue weighted by Crippen LogP contribution is 2.31. The van der Waals surface area contributed by atoms with E-state index in [4.69, 9.17) is 10.7 Å². The van der Waals surface area contributed by atoms with Crippen LogP contribution in [-0.4, -0.2) is 9.97 Å². The van der Waals surface area contributed by atoms with Gasteiger partial charge in [-0.05, 0) is 30.3 Å². The summed E-state index contributed by atoms with van der Waals surface area (Å²) in [5.41, 5.74) is 9.85. The third kappa shape index (κ3) is 1.38. The molecule has 0 amide bonds. The smallest absolute Gasteiger partial charge is 0.0824 e. The Morgan fingerprint density at radius 3 is 2.53 bits per heavy atom. The summed E-state index contributed by atoms with van der Waals surface area (Å²) in [6.45, 7) is 0. The van der Waals surface area contributed by atoms with Crippen LogP contribution in [0, 0.1) is 0 Å². The van der Waals surface area contributed by atoms with E-state index in [1.165, 1.54) is 0 Å². The fourth-order valence-corrected chi connectivity index (χ4v) is 2.54. The normalized spacial score (nSPS) is 11.4. The second-order valence-corrected chi connectivity index (χ2v) is 4.57. The first-order valence-electron chi connectivity index (χ1n) is 6.16. The third-order valence-corrected chi connectivity index (χ3v) is 3.47. The van der Waals surface area contributed by atoms with Crippen molar-refractivity contribution in [3.8, 4) is 0 Å². The minimum atomic E-state index is 0.784. The highest BCUT2D eigenvalue weighted by molar-refractivity contribution is 6.14. The number of benzene rings is 2. The summed E-state index contributed by atoms with van der Waals surface area (Å²) in [7, 11) is 0. The Hall–Kier alpha value is -2.68. The largest absolute Gasteiger partial charge is 0.398 e. The fraction of sp³-hybridized carbons (Fsp3) is 0. The first-order chi connectivity index (χ1) is 9.34. The number of hydrogen-bond donors (Lipinski definition) is 1. The lowest BCUT2D eigenvalue weighted by molar-refractivity contribution is 1.41. The molecule has 0 saturated heterocycles. The number of rotatable bonds is 0. The highest BCUT2D eigenvalue weighted by Gasteiger charge is 2.08. The molecule has 2 N–H and O–H groups in total. The second-order valence-electron chi connectivity index (χ2n) is 4.57. The zero-order valence-electron chi connectivity index (χ0n) is 10.2. The monoisotopic (exact) mass is 245 g/mol. The van der Waals surface area contributed by atoms with Gasteiger partial charge in [0.1, 0.15) is 0 Å². The number of anilines is 1. The van der Waals surface area contributed by atoms with Crippen molar-refractivity contribution >= 4 is 38.4 Å². The minimum absolute atomic E-state index is 0.784. The van der Waals surface area contributed by atoms with Crippen LogP contribution in [0.1, 0.15) is 0 Å². The van der Waals surface area contributed by atoms with Gasteiger partial charge in [0.25, 0.3) is 0 Å². The summed E-state index contributed by atoms with van der Waals surface area (Å²) in [5.74, 6) is 0. The van der Waals surface area contributed by atoms with E-state index in [9.17, 15) is 0 Å². The van der Waals surface area contributed by atoms with Gasteiger partial charge >= 0.3 is 0 Å². The molecule has 0 radical (unpaired) electrons. The molecule has 3 nitrogen and oxygen atoms in total. The van der Waals surface area contributed by atoms with Gasteiger partial charge in [0.2, 0.25) is 0 Å². The van der Waals surface area contributed by atoms with Crippen LogP contribution in [0.5, 0.6) is 0 Å². The van der Waals surface area contributed by atoms with Crippen LogP contribution in [0.2, 0.25) is 0 Å². The second kappa shape index (κ2) is 3.65. The van der Waals surface area contributed by atoms with E-state index >= 15 is 0 Å². The van der Waals surface area contributed by atoms with Crippen molar-refractivity contribution < 1.29 is 0 Å². The fourth-order valence-electron chi connectivity index (χ4n) is 2.54. The Morgan fingerprint density at radius 2 is 1.58 bits per heavy atom. The maximum atomic E-state index is 6.29. The highest BCUT2D eigenvalue weighted by atomic mass is 14.7. The Kier molecular flexibility index (Phi) is 1.97. The molecule has 19 heavy (non-hydrogen) atoms. The third-order valence-electron chi connectivity index (χ3n) is 3.47. The molecule has 0 spiro atoms. The Morgan fingerprint density at radius 1 is 0.737 bits per heavy atom. The summed E-state index contributed by atoms with van der Waals surface area (Å²) < 4.78 is 0. The molecule has 2 heterocycles. The first-order valence-corrected chi connectivity index (χ1v) is 6.16. The minimum Gasteiger partial charge on any atom is -0.398 e. The number of hydrogen-bond acceptors (Lipinski definition) is 3. The molecule has 4 rings (SSSR count). The number of pyridine rings is 2. The molecule has 0 aliphatic heterocycles. The van der Waals surface area contributed by atoms with Crippen molar-refractivity contribution in [2.24, 2.45) is 0 Å². The molecular weight excluding hydrogens is 234 g/mol.